The van der Waals surface area contributed by atoms with Crippen LogP contribution in [0.25, 0.3) is 0 Å². The number of anilines is 2. The Labute approximate surface area is 144 Å². The average molecular weight is 326 g/mol. The van der Waals surface area contributed by atoms with Gasteiger partial charge in [-0.2, -0.15) is 0 Å². The van der Waals surface area contributed by atoms with Crippen LogP contribution in [0.5, 0.6) is 5.75 Å². The number of hydrogen-bond acceptors (Lipinski definition) is 3. The van der Waals surface area contributed by atoms with Crippen molar-refractivity contribution < 1.29 is 9.53 Å². The summed E-state index contributed by atoms with van der Waals surface area (Å²) < 4.78 is 5.29. The highest BCUT2D eigenvalue weighted by atomic mass is 16.5. The fourth-order valence-corrected chi connectivity index (χ4v) is 2.71. The van der Waals surface area contributed by atoms with Crippen LogP contribution in [0, 0.1) is 13.8 Å². The minimum absolute atomic E-state index is 0.0296. The largest absolute Gasteiger partial charge is 0.495 e. The quantitative estimate of drug-likeness (QED) is 0.797. The maximum atomic E-state index is 12.2. The van der Waals surface area contributed by atoms with E-state index >= 15 is 0 Å². The van der Waals surface area contributed by atoms with Gasteiger partial charge in [-0.05, 0) is 49.1 Å². The lowest BCUT2D eigenvalue weighted by Crippen LogP contribution is -2.17. The molecule has 0 radical (unpaired) electrons. The van der Waals surface area contributed by atoms with Crippen molar-refractivity contribution in [3.05, 3.63) is 53.1 Å². The van der Waals surface area contributed by atoms with Gasteiger partial charge in [0.15, 0.2) is 0 Å². The molecule has 2 N–H and O–H groups in total. The van der Waals surface area contributed by atoms with E-state index in [1.807, 2.05) is 25.1 Å². The lowest BCUT2D eigenvalue weighted by molar-refractivity contribution is -0.116. The number of benzene rings is 2. The number of carbonyl (C=O) groups excluding carboxylic acids is 1. The molecule has 1 amide bonds. The van der Waals surface area contributed by atoms with Crippen LogP contribution < -0.4 is 15.4 Å². The molecule has 2 aromatic carbocycles. The van der Waals surface area contributed by atoms with Crippen LogP contribution >= 0.6 is 0 Å². The van der Waals surface area contributed by atoms with Crippen molar-refractivity contribution in [3.63, 3.8) is 0 Å². The van der Waals surface area contributed by atoms with E-state index in [1.165, 1.54) is 11.1 Å². The number of aryl methyl sites for hydroxylation is 3. The Balaban J connectivity index is 1.94. The fraction of sp³-hybridized carbons (Fsp3) is 0.350. The Hall–Kier alpha value is -2.49. The van der Waals surface area contributed by atoms with Crippen molar-refractivity contribution in [2.24, 2.45) is 0 Å². The Morgan fingerprint density at radius 2 is 1.96 bits per heavy atom. The molecule has 0 aliphatic carbocycles. The molecule has 128 valence electrons. The summed E-state index contributed by atoms with van der Waals surface area (Å²) in [5, 5.41) is 6.32. The lowest BCUT2D eigenvalue weighted by atomic mass is 10.1. The van der Waals surface area contributed by atoms with Gasteiger partial charge in [0.2, 0.25) is 5.91 Å². The number of methoxy groups -OCH3 is 1. The fourth-order valence-electron chi connectivity index (χ4n) is 2.71. The third kappa shape index (κ3) is 4.51. The molecule has 0 fully saturated rings. The van der Waals surface area contributed by atoms with Crippen LogP contribution in [0.3, 0.4) is 0 Å². The van der Waals surface area contributed by atoms with Crippen molar-refractivity contribution in [2.45, 2.75) is 33.6 Å². The Bertz CT molecular complexity index is 711. The van der Waals surface area contributed by atoms with E-state index in [9.17, 15) is 4.79 Å². The molecule has 24 heavy (non-hydrogen) atoms. The standard InChI is InChI=1S/C20H26N2O2/c1-5-16-8-6-7-15(3)20(16)21-12-11-19(23)22-17-13-14(2)9-10-18(17)24-4/h6-10,13,21H,5,11-12H2,1-4H3,(H,22,23). The smallest absolute Gasteiger partial charge is 0.226 e. The Morgan fingerprint density at radius 1 is 1.17 bits per heavy atom. The first-order chi connectivity index (χ1) is 11.5. The summed E-state index contributed by atoms with van der Waals surface area (Å²) >= 11 is 0. The van der Waals surface area contributed by atoms with E-state index in [2.05, 4.69) is 42.7 Å². The highest BCUT2D eigenvalue weighted by Crippen LogP contribution is 2.25. The van der Waals surface area contributed by atoms with E-state index in [-0.39, 0.29) is 5.91 Å². The van der Waals surface area contributed by atoms with Gasteiger partial charge in [-0.1, -0.05) is 31.2 Å². The van der Waals surface area contributed by atoms with Crippen LogP contribution in [-0.2, 0) is 11.2 Å². The number of carbonyl (C=O) groups is 1. The number of hydrogen-bond donors (Lipinski definition) is 2. The molecule has 0 saturated carbocycles. The molecule has 0 unspecified atom stereocenters. The summed E-state index contributed by atoms with van der Waals surface area (Å²) in [6.07, 6.45) is 1.37. The molecule has 0 heterocycles. The van der Waals surface area contributed by atoms with E-state index in [4.69, 9.17) is 4.74 Å². The molecule has 0 aliphatic rings. The number of nitrogens with one attached hydrogen (secondary N) is 2. The first kappa shape index (κ1) is 17.9. The normalized spacial score (nSPS) is 10.3. The minimum atomic E-state index is -0.0296. The number of para-hydroxylation sites is 1. The van der Waals surface area contributed by atoms with Gasteiger partial charge in [-0.3, -0.25) is 4.79 Å². The van der Waals surface area contributed by atoms with Crippen molar-refractivity contribution in [1.29, 1.82) is 0 Å². The third-order valence-corrected chi connectivity index (χ3v) is 4.02. The molecule has 0 bridgehead atoms. The van der Waals surface area contributed by atoms with Crippen molar-refractivity contribution >= 4 is 17.3 Å². The van der Waals surface area contributed by atoms with Gasteiger partial charge < -0.3 is 15.4 Å². The van der Waals surface area contributed by atoms with E-state index < -0.39 is 0 Å². The topological polar surface area (TPSA) is 50.4 Å². The molecule has 4 heteroatoms. The van der Waals surface area contributed by atoms with Gasteiger partial charge in [-0.15, -0.1) is 0 Å². The summed E-state index contributed by atoms with van der Waals surface area (Å²) in [4.78, 5) is 12.2. The molecule has 0 saturated heterocycles. The van der Waals surface area contributed by atoms with Crippen LogP contribution in [-0.4, -0.2) is 19.6 Å². The van der Waals surface area contributed by atoms with Gasteiger partial charge in [0.05, 0.1) is 12.8 Å². The molecule has 0 atom stereocenters. The second-order valence-electron chi connectivity index (χ2n) is 5.89. The molecule has 2 rings (SSSR count). The van der Waals surface area contributed by atoms with E-state index in [0.29, 0.717) is 24.4 Å². The number of amides is 1. The van der Waals surface area contributed by atoms with E-state index in [1.54, 1.807) is 7.11 Å². The molecule has 0 aromatic heterocycles. The van der Waals surface area contributed by atoms with E-state index in [0.717, 1.165) is 17.7 Å². The second kappa shape index (κ2) is 8.39. The summed E-state index contributed by atoms with van der Waals surface area (Å²) in [6, 6.07) is 12.0. The van der Waals surface area contributed by atoms with Crippen LogP contribution in [0.4, 0.5) is 11.4 Å². The maximum absolute atomic E-state index is 12.2. The molecular weight excluding hydrogens is 300 g/mol. The van der Waals surface area contributed by atoms with Gasteiger partial charge in [0, 0.05) is 18.7 Å². The Morgan fingerprint density at radius 3 is 2.67 bits per heavy atom. The summed E-state index contributed by atoms with van der Waals surface area (Å²) in [7, 11) is 1.60. The van der Waals surface area contributed by atoms with Crippen LogP contribution in [0.2, 0.25) is 0 Å². The zero-order valence-electron chi connectivity index (χ0n) is 14.9. The summed E-state index contributed by atoms with van der Waals surface area (Å²) in [6.45, 7) is 6.80. The number of ether oxygens (including phenoxy) is 1. The maximum Gasteiger partial charge on any atom is 0.226 e. The monoisotopic (exact) mass is 326 g/mol. The third-order valence-electron chi connectivity index (χ3n) is 4.02. The molecular formula is C20H26N2O2. The molecule has 0 aliphatic heterocycles. The highest BCUT2D eigenvalue weighted by Gasteiger charge is 2.09. The predicted molar refractivity (Wildman–Crippen MR) is 100 cm³/mol. The zero-order valence-corrected chi connectivity index (χ0v) is 14.9. The van der Waals surface area contributed by atoms with Crippen LogP contribution in [0.15, 0.2) is 36.4 Å². The Kier molecular flexibility index (Phi) is 6.24. The summed E-state index contributed by atoms with van der Waals surface area (Å²) in [5.74, 6) is 0.645. The van der Waals surface area contributed by atoms with Crippen molar-refractivity contribution in [3.8, 4) is 5.75 Å². The zero-order chi connectivity index (χ0) is 17.5. The van der Waals surface area contributed by atoms with Gasteiger partial charge in [-0.25, -0.2) is 0 Å². The molecule has 2 aromatic rings. The van der Waals surface area contributed by atoms with Crippen molar-refractivity contribution in [1.82, 2.24) is 0 Å². The second-order valence-corrected chi connectivity index (χ2v) is 5.89. The highest BCUT2D eigenvalue weighted by molar-refractivity contribution is 5.92. The lowest BCUT2D eigenvalue weighted by Gasteiger charge is -2.14. The van der Waals surface area contributed by atoms with Gasteiger partial charge >= 0.3 is 0 Å². The van der Waals surface area contributed by atoms with Gasteiger partial charge in [0.1, 0.15) is 5.75 Å². The average Bonchev–Trinajstić information content (AvgIpc) is 2.56. The predicted octanol–water partition coefficient (Wildman–Crippen LogP) is 4.32. The first-order valence-corrected chi connectivity index (χ1v) is 8.32. The number of rotatable bonds is 7. The minimum Gasteiger partial charge on any atom is -0.495 e. The molecule has 0 spiro atoms. The van der Waals surface area contributed by atoms with Crippen LogP contribution in [0.1, 0.15) is 30.0 Å². The van der Waals surface area contributed by atoms with Gasteiger partial charge in [0.25, 0.3) is 0 Å². The van der Waals surface area contributed by atoms with Crippen molar-refractivity contribution in [2.75, 3.05) is 24.3 Å². The SMILES string of the molecule is CCc1cccc(C)c1NCCC(=O)Nc1cc(C)ccc1OC. The summed E-state index contributed by atoms with van der Waals surface area (Å²) in [5.41, 5.74) is 5.41. The first-order valence-electron chi connectivity index (χ1n) is 8.32. The molecule has 4 nitrogen and oxygen atoms in total.